The molecule has 1 N–H and O–H groups in total. The molecule has 0 bridgehead atoms. The van der Waals surface area contributed by atoms with Crippen molar-refractivity contribution in [1.29, 1.82) is 0 Å². The number of carbonyl (C=O) groups excluding carboxylic acids is 2. The minimum absolute atomic E-state index is 0.0739. The Morgan fingerprint density at radius 1 is 1.15 bits per heavy atom. The van der Waals surface area contributed by atoms with Gasteiger partial charge >= 0.3 is 0 Å². The summed E-state index contributed by atoms with van der Waals surface area (Å²) in [4.78, 5) is 31.1. The average Bonchev–Trinajstić information content (AvgIpc) is 3.34. The Morgan fingerprint density at radius 2 is 1.85 bits per heavy atom. The Balaban J connectivity index is 1.39. The van der Waals surface area contributed by atoms with Crippen LogP contribution in [0.15, 0.2) is 18.3 Å². The fraction of sp³-hybridized carbons (Fsp3) is 0.632. The molecule has 1 aromatic rings. The molecule has 2 amide bonds. The van der Waals surface area contributed by atoms with Crippen LogP contribution in [0, 0.1) is 0 Å². The van der Waals surface area contributed by atoms with Gasteiger partial charge in [-0.25, -0.2) is 0 Å². The molecule has 0 unspecified atom stereocenters. The van der Waals surface area contributed by atoms with E-state index in [4.69, 9.17) is 9.47 Å². The van der Waals surface area contributed by atoms with E-state index in [2.05, 4.69) is 10.3 Å². The van der Waals surface area contributed by atoms with Crippen LogP contribution in [0.5, 0.6) is 0 Å². The van der Waals surface area contributed by atoms with Crippen molar-refractivity contribution < 1.29 is 19.1 Å². The van der Waals surface area contributed by atoms with Gasteiger partial charge in [0.25, 0.3) is 11.8 Å². The second kappa shape index (κ2) is 7.32. The van der Waals surface area contributed by atoms with Gasteiger partial charge in [-0.1, -0.05) is 12.8 Å². The fourth-order valence-corrected chi connectivity index (χ4v) is 4.04. The van der Waals surface area contributed by atoms with Gasteiger partial charge in [0.05, 0.1) is 13.2 Å². The summed E-state index contributed by atoms with van der Waals surface area (Å²) in [6.45, 7) is 2.42. The van der Waals surface area contributed by atoms with Gasteiger partial charge in [-0.15, -0.1) is 0 Å². The first-order chi connectivity index (χ1) is 12.7. The van der Waals surface area contributed by atoms with Gasteiger partial charge in [0.15, 0.2) is 5.79 Å². The number of piperidine rings is 1. The van der Waals surface area contributed by atoms with E-state index in [9.17, 15) is 9.59 Å². The summed E-state index contributed by atoms with van der Waals surface area (Å²) in [5, 5.41) is 3.01. The molecular formula is C19H25N3O4. The lowest BCUT2D eigenvalue weighted by atomic mass is 10.0. The normalized spacial score (nSPS) is 22.7. The molecule has 3 fully saturated rings. The van der Waals surface area contributed by atoms with E-state index in [1.807, 2.05) is 0 Å². The van der Waals surface area contributed by atoms with Crippen LogP contribution in [-0.4, -0.2) is 59.8 Å². The number of rotatable bonds is 3. The highest BCUT2D eigenvalue weighted by Crippen LogP contribution is 2.31. The third kappa shape index (κ3) is 3.59. The van der Waals surface area contributed by atoms with Gasteiger partial charge in [0.2, 0.25) is 0 Å². The summed E-state index contributed by atoms with van der Waals surface area (Å²) in [7, 11) is 0. The van der Waals surface area contributed by atoms with Crippen molar-refractivity contribution in [2.45, 2.75) is 50.4 Å². The summed E-state index contributed by atoms with van der Waals surface area (Å²) >= 11 is 0. The van der Waals surface area contributed by atoms with Crippen LogP contribution in [0.4, 0.5) is 0 Å². The lowest BCUT2D eigenvalue weighted by molar-refractivity contribution is -0.181. The molecule has 2 aliphatic heterocycles. The maximum atomic E-state index is 12.8. The van der Waals surface area contributed by atoms with Crippen LogP contribution in [0.25, 0.3) is 0 Å². The molecule has 7 heteroatoms. The molecular weight excluding hydrogens is 334 g/mol. The summed E-state index contributed by atoms with van der Waals surface area (Å²) < 4.78 is 11.4. The zero-order valence-corrected chi connectivity index (χ0v) is 14.9. The molecule has 1 aromatic heterocycles. The quantitative estimate of drug-likeness (QED) is 0.889. The van der Waals surface area contributed by atoms with E-state index < -0.39 is 5.79 Å². The van der Waals surface area contributed by atoms with Crippen LogP contribution in [-0.2, 0) is 9.47 Å². The molecule has 0 atom stereocenters. The van der Waals surface area contributed by atoms with E-state index in [1.54, 1.807) is 17.0 Å². The molecule has 140 valence electrons. The van der Waals surface area contributed by atoms with Gasteiger partial charge in [-0.2, -0.15) is 0 Å². The monoisotopic (exact) mass is 359 g/mol. The Bertz CT molecular complexity index is 671. The molecule has 1 saturated carbocycles. The smallest absolute Gasteiger partial charge is 0.270 e. The van der Waals surface area contributed by atoms with Crippen LogP contribution in [0.3, 0.4) is 0 Å². The predicted molar refractivity (Wildman–Crippen MR) is 93.7 cm³/mol. The summed E-state index contributed by atoms with van der Waals surface area (Å²) in [5.74, 6) is -0.770. The van der Waals surface area contributed by atoms with Gasteiger partial charge in [0, 0.05) is 43.7 Å². The Morgan fingerprint density at radius 3 is 2.54 bits per heavy atom. The second-order valence-corrected chi connectivity index (χ2v) is 7.28. The fourth-order valence-electron chi connectivity index (χ4n) is 4.04. The number of ether oxygens (including phenoxy) is 2. The molecule has 26 heavy (non-hydrogen) atoms. The largest absolute Gasteiger partial charge is 0.348 e. The summed E-state index contributed by atoms with van der Waals surface area (Å²) in [6, 6.07) is 3.50. The van der Waals surface area contributed by atoms with Crippen LogP contribution in [0.1, 0.15) is 59.4 Å². The maximum absolute atomic E-state index is 12.8. The number of carbonyl (C=O) groups is 2. The molecule has 4 rings (SSSR count). The van der Waals surface area contributed by atoms with Crippen molar-refractivity contribution in [2.75, 3.05) is 26.3 Å². The first-order valence-electron chi connectivity index (χ1n) is 9.49. The molecule has 1 spiro atoms. The number of hydrogen-bond acceptors (Lipinski definition) is 5. The molecule has 0 radical (unpaired) electrons. The van der Waals surface area contributed by atoms with E-state index in [1.165, 1.54) is 6.20 Å². The second-order valence-electron chi connectivity index (χ2n) is 7.28. The van der Waals surface area contributed by atoms with Gasteiger partial charge in [-0.3, -0.25) is 14.6 Å². The topological polar surface area (TPSA) is 80.8 Å². The molecule has 1 aliphatic carbocycles. The predicted octanol–water partition coefficient (Wildman–Crippen LogP) is 1.73. The van der Waals surface area contributed by atoms with Crippen molar-refractivity contribution in [1.82, 2.24) is 15.2 Å². The number of amides is 2. The van der Waals surface area contributed by atoms with Crippen molar-refractivity contribution in [3.63, 3.8) is 0 Å². The number of pyridine rings is 1. The van der Waals surface area contributed by atoms with Crippen molar-refractivity contribution >= 4 is 11.8 Å². The number of hydrogen-bond donors (Lipinski definition) is 1. The highest BCUT2D eigenvalue weighted by molar-refractivity contribution is 5.98. The highest BCUT2D eigenvalue weighted by atomic mass is 16.7. The molecule has 0 aromatic carbocycles. The van der Waals surface area contributed by atoms with Gasteiger partial charge in [0.1, 0.15) is 5.69 Å². The van der Waals surface area contributed by atoms with Gasteiger partial charge < -0.3 is 19.7 Å². The number of likely N-dealkylation sites (tertiary alicyclic amines) is 1. The summed E-state index contributed by atoms with van der Waals surface area (Å²) in [6.07, 6.45) is 7.23. The van der Waals surface area contributed by atoms with Crippen LogP contribution >= 0.6 is 0 Å². The number of nitrogens with one attached hydrogen (secondary N) is 1. The van der Waals surface area contributed by atoms with Gasteiger partial charge in [-0.05, 0) is 25.0 Å². The minimum atomic E-state index is -0.499. The lowest BCUT2D eigenvalue weighted by Crippen LogP contribution is -2.47. The minimum Gasteiger partial charge on any atom is -0.348 e. The molecule has 3 aliphatic rings. The van der Waals surface area contributed by atoms with E-state index in [0.717, 1.165) is 25.7 Å². The third-order valence-corrected chi connectivity index (χ3v) is 5.56. The molecule has 2 saturated heterocycles. The van der Waals surface area contributed by atoms with Crippen molar-refractivity contribution in [3.05, 3.63) is 29.6 Å². The molecule has 7 nitrogen and oxygen atoms in total. The zero-order chi connectivity index (χ0) is 18.0. The number of aromatic nitrogens is 1. The number of nitrogens with zero attached hydrogens (tertiary/aromatic N) is 2. The van der Waals surface area contributed by atoms with E-state index in [-0.39, 0.29) is 17.9 Å². The van der Waals surface area contributed by atoms with Crippen molar-refractivity contribution in [3.8, 4) is 0 Å². The first kappa shape index (κ1) is 17.4. The Hall–Kier alpha value is -1.99. The lowest BCUT2D eigenvalue weighted by Gasteiger charge is -2.37. The van der Waals surface area contributed by atoms with Crippen molar-refractivity contribution in [2.24, 2.45) is 0 Å². The third-order valence-electron chi connectivity index (χ3n) is 5.56. The first-order valence-corrected chi connectivity index (χ1v) is 9.49. The van der Waals surface area contributed by atoms with E-state index >= 15 is 0 Å². The van der Waals surface area contributed by atoms with Crippen LogP contribution in [0.2, 0.25) is 0 Å². The zero-order valence-electron chi connectivity index (χ0n) is 14.9. The SMILES string of the molecule is O=C(NC1CCCC1)c1cc(C(=O)N2CCC3(CC2)OCCO3)ccn1. The average molecular weight is 359 g/mol. The van der Waals surface area contributed by atoms with Crippen LogP contribution < -0.4 is 5.32 Å². The van der Waals surface area contributed by atoms with E-state index in [0.29, 0.717) is 50.4 Å². The Labute approximate surface area is 153 Å². The maximum Gasteiger partial charge on any atom is 0.270 e. The standard InChI is InChI=1S/C19H25N3O4/c23-17(21-15-3-1-2-4-15)16-13-14(5-8-20-16)18(24)22-9-6-19(7-10-22)25-11-12-26-19/h5,8,13,15H,1-4,6-7,9-12H2,(H,21,23). The summed E-state index contributed by atoms with van der Waals surface area (Å²) in [5.41, 5.74) is 0.805. The highest BCUT2D eigenvalue weighted by Gasteiger charge is 2.40. The molecule has 3 heterocycles. The Kier molecular flexibility index (Phi) is 4.91.